The van der Waals surface area contributed by atoms with Crippen LogP contribution >= 0.6 is 11.8 Å². The zero-order valence-electron chi connectivity index (χ0n) is 11.2. The number of rotatable bonds is 7. The van der Waals surface area contributed by atoms with Gasteiger partial charge in [0.15, 0.2) is 5.16 Å². The zero-order valence-corrected chi connectivity index (χ0v) is 12.0. The fourth-order valence-electron chi connectivity index (χ4n) is 1.56. The molecule has 0 saturated carbocycles. The summed E-state index contributed by atoms with van der Waals surface area (Å²) in [7, 11) is 0. The van der Waals surface area contributed by atoms with Crippen LogP contribution in [0.4, 0.5) is 11.6 Å². The standard InChI is InChI=1S/C12H22N4S/c1-5-8-13-10-9-11(16(6-2)7-3)15-12(14-10)17-4/h9H,5-8H2,1-4H3,(H,13,14,15). The highest BCUT2D eigenvalue weighted by Crippen LogP contribution is 2.20. The summed E-state index contributed by atoms with van der Waals surface area (Å²) in [4.78, 5) is 11.2. The average molecular weight is 254 g/mol. The number of nitrogens with zero attached hydrogens (tertiary/aromatic N) is 3. The number of anilines is 2. The molecule has 0 aromatic carbocycles. The second-order valence-corrected chi connectivity index (χ2v) is 4.47. The van der Waals surface area contributed by atoms with Gasteiger partial charge in [-0.3, -0.25) is 0 Å². The number of hydrogen-bond donors (Lipinski definition) is 1. The Labute approximate surface area is 108 Å². The van der Waals surface area contributed by atoms with Crippen LogP contribution in [0.5, 0.6) is 0 Å². The minimum atomic E-state index is 0.827. The van der Waals surface area contributed by atoms with Gasteiger partial charge in [-0.25, -0.2) is 9.97 Å². The highest BCUT2D eigenvalue weighted by Gasteiger charge is 2.08. The minimum Gasteiger partial charge on any atom is -0.370 e. The van der Waals surface area contributed by atoms with Crippen molar-refractivity contribution in [1.29, 1.82) is 0 Å². The Morgan fingerprint density at radius 1 is 1.24 bits per heavy atom. The van der Waals surface area contributed by atoms with E-state index in [1.54, 1.807) is 11.8 Å². The molecule has 0 aliphatic rings. The lowest BCUT2D eigenvalue weighted by molar-refractivity contribution is 0.818. The van der Waals surface area contributed by atoms with Crippen LogP contribution in [-0.4, -0.2) is 35.9 Å². The Hall–Kier alpha value is -0.970. The molecule has 0 saturated heterocycles. The van der Waals surface area contributed by atoms with E-state index >= 15 is 0 Å². The molecule has 0 amide bonds. The van der Waals surface area contributed by atoms with Gasteiger partial charge in [-0.2, -0.15) is 0 Å². The zero-order chi connectivity index (χ0) is 12.7. The summed E-state index contributed by atoms with van der Waals surface area (Å²) in [5.41, 5.74) is 0. The first-order valence-corrected chi connectivity index (χ1v) is 7.39. The predicted molar refractivity (Wildman–Crippen MR) is 76.2 cm³/mol. The van der Waals surface area contributed by atoms with E-state index in [0.29, 0.717) is 0 Å². The molecule has 0 aliphatic carbocycles. The molecule has 1 N–H and O–H groups in total. The monoisotopic (exact) mass is 254 g/mol. The molecule has 96 valence electrons. The lowest BCUT2D eigenvalue weighted by atomic mass is 10.4. The van der Waals surface area contributed by atoms with Crippen LogP contribution in [0.2, 0.25) is 0 Å². The maximum absolute atomic E-state index is 4.54. The molecule has 1 aromatic heterocycles. The van der Waals surface area contributed by atoms with E-state index in [-0.39, 0.29) is 0 Å². The molecule has 0 atom stereocenters. The van der Waals surface area contributed by atoms with Gasteiger partial charge in [0.25, 0.3) is 0 Å². The van der Waals surface area contributed by atoms with Crippen molar-refractivity contribution in [1.82, 2.24) is 9.97 Å². The first-order chi connectivity index (χ1) is 8.24. The SMILES string of the molecule is CCCNc1cc(N(CC)CC)nc(SC)n1. The Morgan fingerprint density at radius 2 is 1.94 bits per heavy atom. The van der Waals surface area contributed by atoms with E-state index in [1.807, 2.05) is 12.3 Å². The van der Waals surface area contributed by atoms with Crippen molar-refractivity contribution in [2.75, 3.05) is 36.1 Å². The van der Waals surface area contributed by atoms with Crippen LogP contribution in [0.1, 0.15) is 27.2 Å². The van der Waals surface area contributed by atoms with Crippen LogP contribution in [0.25, 0.3) is 0 Å². The van der Waals surface area contributed by atoms with Crippen LogP contribution < -0.4 is 10.2 Å². The van der Waals surface area contributed by atoms with Crippen LogP contribution in [0.15, 0.2) is 11.2 Å². The molecule has 4 nitrogen and oxygen atoms in total. The highest BCUT2D eigenvalue weighted by molar-refractivity contribution is 7.98. The normalized spacial score (nSPS) is 10.4. The van der Waals surface area contributed by atoms with Gasteiger partial charge in [-0.15, -0.1) is 0 Å². The van der Waals surface area contributed by atoms with Gasteiger partial charge in [0.1, 0.15) is 11.6 Å². The molecule has 0 unspecified atom stereocenters. The van der Waals surface area contributed by atoms with Crippen molar-refractivity contribution in [3.05, 3.63) is 6.07 Å². The van der Waals surface area contributed by atoms with Crippen molar-refractivity contribution in [2.24, 2.45) is 0 Å². The third kappa shape index (κ3) is 4.07. The van der Waals surface area contributed by atoms with Crippen molar-refractivity contribution in [2.45, 2.75) is 32.3 Å². The maximum Gasteiger partial charge on any atom is 0.191 e. The summed E-state index contributed by atoms with van der Waals surface area (Å²) in [6.07, 6.45) is 3.10. The molecular weight excluding hydrogens is 232 g/mol. The van der Waals surface area contributed by atoms with Gasteiger partial charge in [-0.1, -0.05) is 18.7 Å². The molecule has 0 radical (unpaired) electrons. The quantitative estimate of drug-likeness (QED) is 0.598. The molecule has 0 fully saturated rings. The second-order valence-electron chi connectivity index (χ2n) is 3.70. The molecule has 1 rings (SSSR count). The van der Waals surface area contributed by atoms with Crippen LogP contribution in [-0.2, 0) is 0 Å². The maximum atomic E-state index is 4.54. The lowest BCUT2D eigenvalue weighted by Gasteiger charge is -2.20. The number of thioether (sulfide) groups is 1. The number of aromatic nitrogens is 2. The molecular formula is C12H22N4S. The van der Waals surface area contributed by atoms with Crippen molar-refractivity contribution < 1.29 is 0 Å². The summed E-state index contributed by atoms with van der Waals surface area (Å²) in [6, 6.07) is 2.03. The van der Waals surface area contributed by atoms with E-state index in [4.69, 9.17) is 0 Å². The average Bonchev–Trinajstić information content (AvgIpc) is 2.37. The first kappa shape index (κ1) is 14.1. The first-order valence-electron chi connectivity index (χ1n) is 6.17. The Kier molecular flexibility index (Phi) is 6.11. The number of hydrogen-bond acceptors (Lipinski definition) is 5. The molecule has 17 heavy (non-hydrogen) atoms. The van der Waals surface area contributed by atoms with E-state index in [0.717, 1.165) is 42.8 Å². The van der Waals surface area contributed by atoms with E-state index in [1.165, 1.54) is 0 Å². The van der Waals surface area contributed by atoms with Gasteiger partial charge >= 0.3 is 0 Å². The molecule has 5 heteroatoms. The Bertz CT molecular complexity index is 339. The largest absolute Gasteiger partial charge is 0.370 e. The summed E-state index contributed by atoms with van der Waals surface area (Å²) >= 11 is 1.58. The van der Waals surface area contributed by atoms with Crippen molar-refractivity contribution >= 4 is 23.4 Å². The van der Waals surface area contributed by atoms with E-state index < -0.39 is 0 Å². The Morgan fingerprint density at radius 3 is 2.47 bits per heavy atom. The Balaban J connectivity index is 2.95. The molecule has 1 aromatic rings. The van der Waals surface area contributed by atoms with E-state index in [9.17, 15) is 0 Å². The number of nitrogens with one attached hydrogen (secondary N) is 1. The summed E-state index contributed by atoms with van der Waals surface area (Å²) in [6.45, 7) is 9.31. The van der Waals surface area contributed by atoms with Crippen molar-refractivity contribution in [3.8, 4) is 0 Å². The molecule has 0 aliphatic heterocycles. The summed E-state index contributed by atoms with van der Waals surface area (Å²) in [5.74, 6) is 1.93. The molecule has 0 spiro atoms. The molecule has 1 heterocycles. The van der Waals surface area contributed by atoms with Crippen LogP contribution in [0, 0.1) is 0 Å². The van der Waals surface area contributed by atoms with Crippen LogP contribution in [0.3, 0.4) is 0 Å². The van der Waals surface area contributed by atoms with Gasteiger partial charge in [0.05, 0.1) is 0 Å². The fraction of sp³-hybridized carbons (Fsp3) is 0.667. The topological polar surface area (TPSA) is 41.0 Å². The van der Waals surface area contributed by atoms with Crippen molar-refractivity contribution in [3.63, 3.8) is 0 Å². The third-order valence-corrected chi connectivity index (χ3v) is 3.07. The predicted octanol–water partition coefficient (Wildman–Crippen LogP) is 2.87. The fourth-order valence-corrected chi connectivity index (χ4v) is 1.93. The van der Waals surface area contributed by atoms with Gasteiger partial charge in [0, 0.05) is 25.7 Å². The minimum absolute atomic E-state index is 0.827. The van der Waals surface area contributed by atoms with Gasteiger partial charge in [-0.05, 0) is 26.5 Å². The summed E-state index contributed by atoms with van der Waals surface area (Å²) in [5, 5.41) is 4.15. The molecule has 0 bridgehead atoms. The van der Waals surface area contributed by atoms with E-state index in [2.05, 4.69) is 41.0 Å². The smallest absolute Gasteiger partial charge is 0.191 e. The second kappa shape index (κ2) is 7.37. The lowest BCUT2D eigenvalue weighted by Crippen LogP contribution is -2.23. The summed E-state index contributed by atoms with van der Waals surface area (Å²) < 4.78 is 0. The third-order valence-electron chi connectivity index (χ3n) is 2.52. The van der Waals surface area contributed by atoms with Gasteiger partial charge < -0.3 is 10.2 Å². The van der Waals surface area contributed by atoms with Gasteiger partial charge in [0.2, 0.25) is 0 Å². The highest BCUT2D eigenvalue weighted by atomic mass is 32.2.